The van der Waals surface area contributed by atoms with E-state index >= 15 is 0 Å². The number of rotatable bonds is 3. The van der Waals surface area contributed by atoms with Gasteiger partial charge in [-0.2, -0.15) is 5.10 Å². The van der Waals surface area contributed by atoms with E-state index in [9.17, 15) is 4.79 Å². The first-order valence-electron chi connectivity index (χ1n) is 6.94. The fourth-order valence-corrected chi connectivity index (χ4v) is 3.28. The second-order valence-corrected chi connectivity index (χ2v) is 6.19. The van der Waals surface area contributed by atoms with Crippen LogP contribution >= 0.6 is 11.3 Å². The first-order valence-corrected chi connectivity index (χ1v) is 7.82. The molecule has 106 valence electrons. The molecule has 1 amide bonds. The van der Waals surface area contributed by atoms with Crippen LogP contribution in [0.4, 0.5) is 0 Å². The summed E-state index contributed by atoms with van der Waals surface area (Å²) in [5, 5.41) is 7.04. The summed E-state index contributed by atoms with van der Waals surface area (Å²) in [6.07, 6.45) is 7.01. The van der Waals surface area contributed by atoms with Crippen LogP contribution in [0.2, 0.25) is 0 Å². The van der Waals surface area contributed by atoms with Crippen molar-refractivity contribution in [2.75, 3.05) is 6.54 Å². The molecule has 1 fully saturated rings. The Morgan fingerprint density at radius 3 is 3.10 bits per heavy atom. The summed E-state index contributed by atoms with van der Waals surface area (Å²) < 4.78 is 1.91. The molecule has 1 saturated heterocycles. The lowest BCUT2D eigenvalue weighted by molar-refractivity contribution is 0.0578. The third kappa shape index (κ3) is 2.75. The second kappa shape index (κ2) is 5.75. The van der Waals surface area contributed by atoms with Crippen LogP contribution in [-0.2, 0) is 6.54 Å². The largest absolute Gasteiger partial charge is 0.332 e. The zero-order chi connectivity index (χ0) is 13.9. The molecule has 0 bridgehead atoms. The van der Waals surface area contributed by atoms with Gasteiger partial charge in [0.2, 0.25) is 0 Å². The van der Waals surface area contributed by atoms with Crippen LogP contribution in [-0.4, -0.2) is 38.2 Å². The number of carbonyl (C=O) groups is 1. The van der Waals surface area contributed by atoms with E-state index in [0.29, 0.717) is 5.69 Å². The molecule has 2 aromatic heterocycles. The molecule has 0 unspecified atom stereocenters. The van der Waals surface area contributed by atoms with E-state index in [-0.39, 0.29) is 11.9 Å². The maximum absolute atomic E-state index is 12.6. The maximum atomic E-state index is 12.6. The van der Waals surface area contributed by atoms with E-state index in [0.717, 1.165) is 30.9 Å². The molecular weight excluding hydrogens is 272 g/mol. The minimum atomic E-state index is 0.0613. The fraction of sp³-hybridized carbons (Fsp3) is 0.500. The van der Waals surface area contributed by atoms with Crippen molar-refractivity contribution in [1.29, 1.82) is 0 Å². The van der Waals surface area contributed by atoms with E-state index in [2.05, 4.69) is 10.1 Å². The standard InChI is InChI=1S/C14H18N4OS/c1-11-16-13(10-20-11)14(19)18-8-3-2-5-12(18)9-17-7-4-6-15-17/h4,6-7,10,12H,2-3,5,8-9H2,1H3/t12-/m0/s1. The number of amides is 1. The monoisotopic (exact) mass is 290 g/mol. The van der Waals surface area contributed by atoms with Crippen molar-refractivity contribution >= 4 is 17.2 Å². The van der Waals surface area contributed by atoms with Crippen molar-refractivity contribution in [3.05, 3.63) is 34.5 Å². The quantitative estimate of drug-likeness (QED) is 0.872. The second-order valence-electron chi connectivity index (χ2n) is 5.13. The lowest BCUT2D eigenvalue weighted by Gasteiger charge is -2.35. The Labute approximate surface area is 122 Å². The Morgan fingerprint density at radius 1 is 1.50 bits per heavy atom. The van der Waals surface area contributed by atoms with E-state index in [4.69, 9.17) is 0 Å². The summed E-state index contributed by atoms with van der Waals surface area (Å²) in [6.45, 7) is 3.52. The van der Waals surface area contributed by atoms with Crippen LogP contribution in [0.5, 0.6) is 0 Å². The molecule has 6 heteroatoms. The number of carbonyl (C=O) groups excluding carboxylic acids is 1. The van der Waals surface area contributed by atoms with Gasteiger partial charge >= 0.3 is 0 Å². The normalized spacial score (nSPS) is 19.2. The van der Waals surface area contributed by atoms with Crippen molar-refractivity contribution in [1.82, 2.24) is 19.7 Å². The molecule has 5 nitrogen and oxygen atoms in total. The third-order valence-electron chi connectivity index (χ3n) is 3.68. The van der Waals surface area contributed by atoms with Crippen LogP contribution in [0.15, 0.2) is 23.8 Å². The van der Waals surface area contributed by atoms with Crippen molar-refractivity contribution in [2.24, 2.45) is 0 Å². The Balaban J connectivity index is 1.76. The molecule has 1 atom stereocenters. The number of hydrogen-bond acceptors (Lipinski definition) is 4. The molecular formula is C14H18N4OS. The summed E-state index contributed by atoms with van der Waals surface area (Å²) in [7, 11) is 0. The lowest BCUT2D eigenvalue weighted by atomic mass is 10.0. The van der Waals surface area contributed by atoms with Gasteiger partial charge in [0.05, 0.1) is 17.6 Å². The highest BCUT2D eigenvalue weighted by atomic mass is 32.1. The topological polar surface area (TPSA) is 51.0 Å². The average Bonchev–Trinajstić information content (AvgIpc) is 3.10. The number of piperidine rings is 1. The van der Waals surface area contributed by atoms with Gasteiger partial charge in [-0.3, -0.25) is 9.48 Å². The van der Waals surface area contributed by atoms with Crippen LogP contribution in [0.25, 0.3) is 0 Å². The maximum Gasteiger partial charge on any atom is 0.273 e. The van der Waals surface area contributed by atoms with Crippen molar-refractivity contribution < 1.29 is 4.79 Å². The Morgan fingerprint density at radius 2 is 2.40 bits per heavy atom. The molecule has 1 aliphatic heterocycles. The van der Waals surface area contributed by atoms with Gasteiger partial charge in [0.1, 0.15) is 5.69 Å². The highest BCUT2D eigenvalue weighted by Gasteiger charge is 2.28. The molecule has 1 aliphatic rings. The number of likely N-dealkylation sites (tertiary alicyclic amines) is 1. The van der Waals surface area contributed by atoms with Gasteiger partial charge in [-0.15, -0.1) is 11.3 Å². The van der Waals surface area contributed by atoms with Gasteiger partial charge in [-0.25, -0.2) is 4.98 Å². The summed E-state index contributed by atoms with van der Waals surface area (Å²) in [5.41, 5.74) is 0.583. The van der Waals surface area contributed by atoms with E-state index < -0.39 is 0 Å². The smallest absolute Gasteiger partial charge is 0.273 e. The van der Waals surface area contributed by atoms with Gasteiger partial charge < -0.3 is 4.90 Å². The van der Waals surface area contributed by atoms with Gasteiger partial charge in [-0.1, -0.05) is 0 Å². The molecule has 3 rings (SSSR count). The zero-order valence-electron chi connectivity index (χ0n) is 11.5. The molecule has 0 spiro atoms. The predicted molar refractivity (Wildman–Crippen MR) is 77.8 cm³/mol. The average molecular weight is 290 g/mol. The van der Waals surface area contributed by atoms with Gasteiger partial charge in [0.15, 0.2) is 0 Å². The molecule has 0 N–H and O–H groups in total. The summed E-state index contributed by atoms with van der Waals surface area (Å²) in [5.74, 6) is 0.0613. The minimum absolute atomic E-state index is 0.0613. The minimum Gasteiger partial charge on any atom is -0.332 e. The zero-order valence-corrected chi connectivity index (χ0v) is 12.3. The van der Waals surface area contributed by atoms with Crippen molar-refractivity contribution in [3.8, 4) is 0 Å². The van der Waals surface area contributed by atoms with Gasteiger partial charge in [0, 0.05) is 24.3 Å². The first kappa shape index (κ1) is 13.3. The number of aryl methyl sites for hydroxylation is 1. The Kier molecular flexibility index (Phi) is 3.82. The van der Waals surface area contributed by atoms with E-state index in [1.807, 2.05) is 34.1 Å². The SMILES string of the molecule is Cc1nc(C(=O)N2CCCC[C@H]2Cn2cccn2)cs1. The van der Waals surface area contributed by atoms with Crippen molar-refractivity contribution in [3.63, 3.8) is 0 Å². The number of nitrogens with zero attached hydrogens (tertiary/aromatic N) is 4. The summed E-state index contributed by atoms with van der Waals surface area (Å²) in [6, 6.07) is 2.14. The Hall–Kier alpha value is -1.69. The molecule has 0 aromatic carbocycles. The highest BCUT2D eigenvalue weighted by molar-refractivity contribution is 7.09. The third-order valence-corrected chi connectivity index (χ3v) is 4.46. The summed E-state index contributed by atoms with van der Waals surface area (Å²) in [4.78, 5) is 18.9. The number of thiazole rings is 1. The first-order chi connectivity index (χ1) is 9.74. The van der Waals surface area contributed by atoms with Gasteiger partial charge in [-0.05, 0) is 32.3 Å². The predicted octanol–water partition coefficient (Wildman–Crippen LogP) is 2.34. The van der Waals surface area contributed by atoms with Crippen LogP contribution < -0.4 is 0 Å². The molecule has 3 heterocycles. The van der Waals surface area contributed by atoms with Crippen LogP contribution in [0.3, 0.4) is 0 Å². The molecule has 0 aliphatic carbocycles. The molecule has 2 aromatic rings. The molecule has 0 saturated carbocycles. The van der Waals surface area contributed by atoms with Crippen LogP contribution in [0, 0.1) is 6.92 Å². The molecule has 0 radical (unpaired) electrons. The van der Waals surface area contributed by atoms with Gasteiger partial charge in [0.25, 0.3) is 5.91 Å². The lowest BCUT2D eigenvalue weighted by Crippen LogP contribution is -2.46. The highest BCUT2D eigenvalue weighted by Crippen LogP contribution is 2.21. The number of aromatic nitrogens is 3. The number of hydrogen-bond donors (Lipinski definition) is 0. The molecule has 20 heavy (non-hydrogen) atoms. The van der Waals surface area contributed by atoms with E-state index in [1.54, 1.807) is 6.20 Å². The summed E-state index contributed by atoms with van der Waals surface area (Å²) >= 11 is 1.53. The fourth-order valence-electron chi connectivity index (χ4n) is 2.69. The van der Waals surface area contributed by atoms with E-state index in [1.165, 1.54) is 17.8 Å². The van der Waals surface area contributed by atoms with Crippen molar-refractivity contribution in [2.45, 2.75) is 38.8 Å². The van der Waals surface area contributed by atoms with Crippen LogP contribution in [0.1, 0.15) is 34.8 Å². The Bertz CT molecular complexity index is 578.